The summed E-state index contributed by atoms with van der Waals surface area (Å²) in [7, 11) is 1.77. The lowest BCUT2D eigenvalue weighted by Crippen LogP contribution is -2.63. The molecule has 1 heterocycles. The van der Waals surface area contributed by atoms with Crippen molar-refractivity contribution in [3.8, 4) is 0 Å². The lowest BCUT2D eigenvalue weighted by molar-refractivity contribution is -0.156. The van der Waals surface area contributed by atoms with Crippen LogP contribution in [0.15, 0.2) is 24.3 Å². The second-order valence-electron chi connectivity index (χ2n) is 5.75. The number of likely N-dealkylation sites (N-methyl/N-ethyl adjacent to an activating group) is 1. The Balaban J connectivity index is 2.15. The number of rotatable bonds is 2. The third kappa shape index (κ3) is 2.61. The number of piperazine rings is 1. The number of hydrogen-bond donors (Lipinski definition) is 1. The van der Waals surface area contributed by atoms with Gasteiger partial charge in [-0.2, -0.15) is 0 Å². The van der Waals surface area contributed by atoms with E-state index >= 15 is 0 Å². The predicted molar refractivity (Wildman–Crippen MR) is 78.0 cm³/mol. The zero-order chi connectivity index (χ0) is 14.9. The van der Waals surface area contributed by atoms with Crippen LogP contribution in [0.1, 0.15) is 19.4 Å². The van der Waals surface area contributed by atoms with Gasteiger partial charge in [0.25, 0.3) is 0 Å². The maximum Gasteiger partial charge on any atom is 0.247 e. The first-order valence-corrected chi connectivity index (χ1v) is 6.73. The van der Waals surface area contributed by atoms with Gasteiger partial charge in [0.05, 0.1) is 6.42 Å². The molecule has 0 atom stereocenters. The van der Waals surface area contributed by atoms with Crippen molar-refractivity contribution < 1.29 is 9.59 Å². The molecule has 5 nitrogen and oxygen atoms in total. The second kappa shape index (κ2) is 5.15. The molecule has 0 spiro atoms. The SMILES string of the molecule is CN1CCN(C(=O)Cc2cccc(N)c2)C(C)(C)C1=O. The molecule has 0 bridgehead atoms. The quantitative estimate of drug-likeness (QED) is 0.815. The van der Waals surface area contributed by atoms with Gasteiger partial charge >= 0.3 is 0 Å². The molecule has 1 aliphatic rings. The topological polar surface area (TPSA) is 66.6 Å². The van der Waals surface area contributed by atoms with Gasteiger partial charge in [-0.25, -0.2) is 0 Å². The van der Waals surface area contributed by atoms with Crippen molar-refractivity contribution in [2.45, 2.75) is 25.8 Å². The fraction of sp³-hybridized carbons (Fsp3) is 0.467. The van der Waals surface area contributed by atoms with E-state index < -0.39 is 5.54 Å². The Morgan fingerprint density at radius 3 is 2.70 bits per heavy atom. The van der Waals surface area contributed by atoms with Gasteiger partial charge in [-0.05, 0) is 31.5 Å². The number of amides is 2. The average molecular weight is 275 g/mol. The molecule has 0 aromatic heterocycles. The zero-order valence-electron chi connectivity index (χ0n) is 12.2. The summed E-state index contributed by atoms with van der Waals surface area (Å²) in [5.41, 5.74) is 6.45. The average Bonchev–Trinajstić information content (AvgIpc) is 2.36. The molecular weight excluding hydrogens is 254 g/mol. The summed E-state index contributed by atoms with van der Waals surface area (Å²) in [6.07, 6.45) is 0.269. The molecule has 2 rings (SSSR count). The molecule has 1 aliphatic heterocycles. The second-order valence-corrected chi connectivity index (χ2v) is 5.75. The van der Waals surface area contributed by atoms with Crippen LogP contribution in [0, 0.1) is 0 Å². The summed E-state index contributed by atoms with van der Waals surface area (Å²) in [6, 6.07) is 7.29. The highest BCUT2D eigenvalue weighted by molar-refractivity contribution is 5.92. The normalized spacial score (nSPS) is 18.2. The van der Waals surface area contributed by atoms with Gasteiger partial charge < -0.3 is 15.5 Å². The van der Waals surface area contributed by atoms with Crippen LogP contribution in [-0.4, -0.2) is 47.3 Å². The maximum atomic E-state index is 12.5. The van der Waals surface area contributed by atoms with Crippen molar-refractivity contribution in [3.05, 3.63) is 29.8 Å². The van der Waals surface area contributed by atoms with E-state index in [1.807, 2.05) is 12.1 Å². The van der Waals surface area contributed by atoms with Gasteiger partial charge in [0.15, 0.2) is 0 Å². The first-order chi connectivity index (χ1) is 9.32. The number of nitrogens with two attached hydrogens (primary N) is 1. The molecule has 0 saturated carbocycles. The molecule has 0 aliphatic carbocycles. The highest BCUT2D eigenvalue weighted by Crippen LogP contribution is 2.23. The number of hydrogen-bond acceptors (Lipinski definition) is 3. The number of nitrogens with zero attached hydrogens (tertiary/aromatic N) is 2. The maximum absolute atomic E-state index is 12.5. The molecule has 1 aromatic carbocycles. The third-order valence-corrected chi connectivity index (χ3v) is 3.81. The summed E-state index contributed by atoms with van der Waals surface area (Å²) in [4.78, 5) is 28.0. The molecule has 0 unspecified atom stereocenters. The van der Waals surface area contributed by atoms with E-state index in [0.29, 0.717) is 18.8 Å². The largest absolute Gasteiger partial charge is 0.399 e. The lowest BCUT2D eigenvalue weighted by Gasteiger charge is -2.44. The van der Waals surface area contributed by atoms with Crippen LogP contribution < -0.4 is 5.73 Å². The van der Waals surface area contributed by atoms with Crippen LogP contribution >= 0.6 is 0 Å². The van der Waals surface area contributed by atoms with Crippen molar-refractivity contribution in [1.82, 2.24) is 9.80 Å². The minimum atomic E-state index is -0.787. The molecule has 20 heavy (non-hydrogen) atoms. The summed E-state index contributed by atoms with van der Waals surface area (Å²) in [5.74, 6) is -0.0632. The number of benzene rings is 1. The van der Waals surface area contributed by atoms with Crippen molar-refractivity contribution >= 4 is 17.5 Å². The smallest absolute Gasteiger partial charge is 0.247 e. The molecule has 108 valence electrons. The number of anilines is 1. The molecule has 1 aromatic rings. The van der Waals surface area contributed by atoms with E-state index in [4.69, 9.17) is 5.73 Å². The van der Waals surface area contributed by atoms with Crippen LogP contribution in [0.4, 0.5) is 5.69 Å². The minimum Gasteiger partial charge on any atom is -0.399 e. The van der Waals surface area contributed by atoms with E-state index in [2.05, 4.69) is 0 Å². The minimum absolute atomic E-state index is 0.0234. The van der Waals surface area contributed by atoms with Crippen molar-refractivity contribution in [2.75, 3.05) is 25.9 Å². The highest BCUT2D eigenvalue weighted by Gasteiger charge is 2.42. The van der Waals surface area contributed by atoms with Gasteiger partial charge in [-0.15, -0.1) is 0 Å². The molecule has 2 amide bonds. The predicted octanol–water partition coefficient (Wildman–Crippen LogP) is 0.890. The van der Waals surface area contributed by atoms with E-state index in [-0.39, 0.29) is 18.2 Å². The monoisotopic (exact) mass is 275 g/mol. The molecule has 1 saturated heterocycles. The molecule has 5 heteroatoms. The van der Waals surface area contributed by atoms with Crippen molar-refractivity contribution in [2.24, 2.45) is 0 Å². The number of nitrogen functional groups attached to an aromatic ring is 1. The Kier molecular flexibility index (Phi) is 3.70. The van der Waals surface area contributed by atoms with E-state index in [0.717, 1.165) is 5.56 Å². The number of carbonyl (C=O) groups is 2. The van der Waals surface area contributed by atoms with Gasteiger partial charge in [-0.1, -0.05) is 12.1 Å². The molecule has 0 radical (unpaired) electrons. The Morgan fingerprint density at radius 1 is 1.35 bits per heavy atom. The third-order valence-electron chi connectivity index (χ3n) is 3.81. The lowest BCUT2D eigenvalue weighted by atomic mass is 9.96. The Hall–Kier alpha value is -2.04. The van der Waals surface area contributed by atoms with Crippen molar-refractivity contribution in [3.63, 3.8) is 0 Å². The van der Waals surface area contributed by atoms with Crippen LogP contribution in [0.2, 0.25) is 0 Å². The van der Waals surface area contributed by atoms with Crippen LogP contribution in [0.3, 0.4) is 0 Å². The van der Waals surface area contributed by atoms with Crippen molar-refractivity contribution in [1.29, 1.82) is 0 Å². The Labute approximate surface area is 119 Å². The first kappa shape index (κ1) is 14.4. The van der Waals surface area contributed by atoms with Gasteiger partial charge in [-0.3, -0.25) is 9.59 Å². The van der Waals surface area contributed by atoms with Crippen LogP contribution in [0.25, 0.3) is 0 Å². The summed E-state index contributed by atoms with van der Waals surface area (Å²) in [6.45, 7) is 4.73. The summed E-state index contributed by atoms with van der Waals surface area (Å²) < 4.78 is 0. The highest BCUT2D eigenvalue weighted by atomic mass is 16.2. The Bertz CT molecular complexity index is 540. The van der Waals surface area contributed by atoms with Gasteiger partial charge in [0, 0.05) is 25.8 Å². The van der Waals surface area contributed by atoms with Gasteiger partial charge in [0.2, 0.25) is 11.8 Å². The molecule has 2 N–H and O–H groups in total. The van der Waals surface area contributed by atoms with Crippen LogP contribution in [-0.2, 0) is 16.0 Å². The van der Waals surface area contributed by atoms with Gasteiger partial charge in [0.1, 0.15) is 5.54 Å². The van der Waals surface area contributed by atoms with E-state index in [1.54, 1.807) is 42.8 Å². The summed E-state index contributed by atoms with van der Waals surface area (Å²) >= 11 is 0. The summed E-state index contributed by atoms with van der Waals surface area (Å²) in [5, 5.41) is 0. The van der Waals surface area contributed by atoms with E-state index in [1.165, 1.54) is 0 Å². The fourth-order valence-corrected chi connectivity index (χ4v) is 2.62. The fourth-order valence-electron chi connectivity index (χ4n) is 2.62. The number of carbonyl (C=O) groups excluding carboxylic acids is 2. The molecular formula is C15H21N3O2. The van der Waals surface area contributed by atoms with E-state index in [9.17, 15) is 9.59 Å². The van der Waals surface area contributed by atoms with Crippen LogP contribution in [0.5, 0.6) is 0 Å². The first-order valence-electron chi connectivity index (χ1n) is 6.73. The zero-order valence-corrected chi connectivity index (χ0v) is 12.2. The Morgan fingerprint density at radius 2 is 2.05 bits per heavy atom. The molecule has 1 fully saturated rings. The standard InChI is InChI=1S/C15H21N3O2/c1-15(2)14(20)17(3)7-8-18(15)13(19)10-11-5-4-6-12(16)9-11/h4-6,9H,7-8,10,16H2,1-3H3.